The first-order chi connectivity index (χ1) is 11.6. The molecule has 0 unspecified atom stereocenters. The predicted octanol–water partition coefficient (Wildman–Crippen LogP) is 2.10. The van der Waals surface area contributed by atoms with Crippen molar-refractivity contribution in [2.75, 3.05) is 0 Å². The summed E-state index contributed by atoms with van der Waals surface area (Å²) in [6, 6.07) is 17.4. The topological polar surface area (TPSA) is 72.8 Å². The van der Waals surface area contributed by atoms with Crippen molar-refractivity contribution >= 4 is 11.9 Å². The Morgan fingerprint density at radius 3 is 2.29 bits per heavy atom. The summed E-state index contributed by atoms with van der Waals surface area (Å²) in [6.07, 6.45) is 1.41. The lowest BCUT2D eigenvalue weighted by Gasteiger charge is -2.30. The number of benzene rings is 2. The molecule has 24 heavy (non-hydrogen) atoms. The van der Waals surface area contributed by atoms with Gasteiger partial charge in [-0.3, -0.25) is 0 Å². The van der Waals surface area contributed by atoms with Crippen LogP contribution < -0.4 is 0 Å². The fourth-order valence-electron chi connectivity index (χ4n) is 2.52. The van der Waals surface area contributed by atoms with E-state index in [1.54, 1.807) is 30.3 Å². The van der Waals surface area contributed by atoms with Crippen LogP contribution in [0.25, 0.3) is 0 Å². The Morgan fingerprint density at radius 2 is 1.71 bits per heavy atom. The molecule has 0 spiro atoms. The van der Waals surface area contributed by atoms with Gasteiger partial charge in [-0.25, -0.2) is 9.59 Å². The normalized spacial score (nSPS) is 18.7. The standard InChI is InChI=1S/C19H16O5/c20-17-12-11-16(24-17)19(22,15-9-5-2-6-10-15)18(21)23-13-14-7-3-1-4-8-14/h1-12,16,22H,13H2/t16-,19-/m0/s1. The Balaban J connectivity index is 1.85. The number of esters is 2. The van der Waals surface area contributed by atoms with E-state index in [2.05, 4.69) is 0 Å². The van der Waals surface area contributed by atoms with Crippen LogP contribution in [0.15, 0.2) is 72.8 Å². The van der Waals surface area contributed by atoms with Crippen molar-refractivity contribution < 1.29 is 24.2 Å². The van der Waals surface area contributed by atoms with Crippen molar-refractivity contribution in [2.24, 2.45) is 0 Å². The Kier molecular flexibility index (Phi) is 4.44. The van der Waals surface area contributed by atoms with E-state index in [9.17, 15) is 14.7 Å². The number of carbonyl (C=O) groups is 2. The van der Waals surface area contributed by atoms with Gasteiger partial charge in [-0.15, -0.1) is 0 Å². The molecule has 2 aromatic rings. The van der Waals surface area contributed by atoms with Gasteiger partial charge in [0.25, 0.3) is 0 Å². The van der Waals surface area contributed by atoms with Gasteiger partial charge >= 0.3 is 11.9 Å². The molecule has 1 aliphatic rings. The van der Waals surface area contributed by atoms with Crippen LogP contribution in [0, 0.1) is 0 Å². The Bertz CT molecular complexity index is 754. The molecule has 5 heteroatoms. The number of carbonyl (C=O) groups excluding carboxylic acids is 2. The molecule has 5 nitrogen and oxygen atoms in total. The van der Waals surface area contributed by atoms with Gasteiger partial charge in [-0.1, -0.05) is 60.7 Å². The highest BCUT2D eigenvalue weighted by Gasteiger charge is 2.50. The number of ether oxygens (including phenoxy) is 2. The third kappa shape index (κ3) is 3.07. The minimum atomic E-state index is -2.10. The van der Waals surface area contributed by atoms with Crippen LogP contribution in [0.1, 0.15) is 11.1 Å². The van der Waals surface area contributed by atoms with Gasteiger partial charge in [-0.2, -0.15) is 0 Å². The van der Waals surface area contributed by atoms with Crippen LogP contribution in [0.2, 0.25) is 0 Å². The molecule has 122 valence electrons. The largest absolute Gasteiger partial charge is 0.458 e. The second-order valence-corrected chi connectivity index (χ2v) is 5.41. The monoisotopic (exact) mass is 324 g/mol. The maximum atomic E-state index is 12.6. The van der Waals surface area contributed by atoms with Gasteiger partial charge in [0.1, 0.15) is 6.61 Å². The number of aliphatic hydroxyl groups is 1. The molecule has 2 atom stereocenters. The minimum Gasteiger partial charge on any atom is -0.458 e. The Morgan fingerprint density at radius 1 is 1.08 bits per heavy atom. The summed E-state index contributed by atoms with van der Waals surface area (Å²) in [7, 11) is 0. The highest BCUT2D eigenvalue weighted by molar-refractivity contribution is 5.88. The summed E-state index contributed by atoms with van der Waals surface area (Å²) in [5.74, 6) is -1.48. The minimum absolute atomic E-state index is 0.0131. The van der Waals surface area contributed by atoms with Crippen LogP contribution in [-0.4, -0.2) is 23.1 Å². The molecule has 0 aliphatic carbocycles. The first-order valence-corrected chi connectivity index (χ1v) is 7.48. The van der Waals surface area contributed by atoms with Crippen LogP contribution >= 0.6 is 0 Å². The van der Waals surface area contributed by atoms with E-state index in [4.69, 9.17) is 9.47 Å². The zero-order valence-electron chi connectivity index (χ0n) is 12.8. The molecular weight excluding hydrogens is 308 g/mol. The molecule has 0 aromatic heterocycles. The molecule has 0 saturated carbocycles. The van der Waals surface area contributed by atoms with Crippen LogP contribution in [-0.2, 0) is 31.3 Å². The molecule has 0 saturated heterocycles. The summed E-state index contributed by atoms with van der Waals surface area (Å²) in [6.45, 7) is 0.0131. The fourth-order valence-corrected chi connectivity index (χ4v) is 2.52. The fraction of sp³-hybridized carbons (Fsp3) is 0.158. The summed E-state index contributed by atoms with van der Waals surface area (Å²) in [5.41, 5.74) is -1.01. The lowest BCUT2D eigenvalue weighted by molar-refractivity contribution is -0.183. The highest BCUT2D eigenvalue weighted by Crippen LogP contribution is 2.32. The van der Waals surface area contributed by atoms with E-state index in [-0.39, 0.29) is 6.61 Å². The lowest BCUT2D eigenvalue weighted by atomic mass is 9.88. The smallest absolute Gasteiger partial charge is 0.347 e. The van der Waals surface area contributed by atoms with Gasteiger partial charge in [-0.05, 0) is 17.2 Å². The van der Waals surface area contributed by atoms with Crippen LogP contribution in [0.5, 0.6) is 0 Å². The summed E-state index contributed by atoms with van der Waals surface area (Å²) >= 11 is 0. The van der Waals surface area contributed by atoms with Gasteiger partial charge < -0.3 is 14.6 Å². The summed E-state index contributed by atoms with van der Waals surface area (Å²) < 4.78 is 10.3. The van der Waals surface area contributed by atoms with Gasteiger partial charge in [0.2, 0.25) is 5.60 Å². The van der Waals surface area contributed by atoms with Crippen molar-refractivity contribution in [3.8, 4) is 0 Å². The van der Waals surface area contributed by atoms with Crippen molar-refractivity contribution in [1.29, 1.82) is 0 Å². The molecule has 2 aromatic carbocycles. The average molecular weight is 324 g/mol. The first kappa shape index (κ1) is 16.0. The zero-order chi connectivity index (χ0) is 17.0. The van der Waals surface area contributed by atoms with E-state index in [0.29, 0.717) is 5.56 Å². The zero-order valence-corrected chi connectivity index (χ0v) is 12.8. The van der Waals surface area contributed by atoms with Crippen molar-refractivity contribution in [3.05, 3.63) is 83.9 Å². The van der Waals surface area contributed by atoms with Gasteiger partial charge in [0.15, 0.2) is 6.10 Å². The highest BCUT2D eigenvalue weighted by atomic mass is 16.6. The molecule has 1 heterocycles. The molecule has 0 amide bonds. The number of cyclic esters (lactones) is 1. The predicted molar refractivity (Wildman–Crippen MR) is 85.6 cm³/mol. The maximum absolute atomic E-state index is 12.6. The maximum Gasteiger partial charge on any atom is 0.347 e. The van der Waals surface area contributed by atoms with Crippen LogP contribution in [0.4, 0.5) is 0 Å². The van der Waals surface area contributed by atoms with E-state index in [0.717, 1.165) is 5.56 Å². The van der Waals surface area contributed by atoms with Crippen molar-refractivity contribution in [3.63, 3.8) is 0 Å². The summed E-state index contributed by atoms with van der Waals surface area (Å²) in [5, 5.41) is 11.0. The van der Waals surface area contributed by atoms with Crippen molar-refractivity contribution in [2.45, 2.75) is 18.3 Å². The average Bonchev–Trinajstić information content (AvgIpc) is 3.07. The molecular formula is C19H16O5. The molecule has 0 bridgehead atoms. The molecule has 3 rings (SSSR count). The molecule has 1 N–H and O–H groups in total. The Labute approximate surface area is 139 Å². The van der Waals surface area contributed by atoms with E-state index in [1.807, 2.05) is 30.3 Å². The van der Waals surface area contributed by atoms with E-state index >= 15 is 0 Å². The van der Waals surface area contributed by atoms with Gasteiger partial charge in [0, 0.05) is 6.08 Å². The molecule has 1 aliphatic heterocycles. The lowest BCUT2D eigenvalue weighted by Crippen LogP contribution is -2.47. The second-order valence-electron chi connectivity index (χ2n) is 5.41. The number of hydrogen-bond acceptors (Lipinski definition) is 5. The number of hydrogen-bond donors (Lipinski definition) is 1. The van der Waals surface area contributed by atoms with E-state index in [1.165, 1.54) is 12.2 Å². The molecule has 0 radical (unpaired) electrons. The van der Waals surface area contributed by atoms with Crippen molar-refractivity contribution in [1.82, 2.24) is 0 Å². The Hall–Kier alpha value is -2.92. The van der Waals surface area contributed by atoms with Crippen LogP contribution in [0.3, 0.4) is 0 Å². The second kappa shape index (κ2) is 6.68. The third-order valence-corrected chi connectivity index (χ3v) is 3.80. The first-order valence-electron chi connectivity index (χ1n) is 7.48. The number of rotatable bonds is 5. The quantitative estimate of drug-likeness (QED) is 0.853. The van der Waals surface area contributed by atoms with E-state index < -0.39 is 23.6 Å². The third-order valence-electron chi connectivity index (χ3n) is 3.80. The SMILES string of the molecule is O=C1C=C[C@@H]([C@](O)(C(=O)OCc2ccccc2)c2ccccc2)O1. The summed E-state index contributed by atoms with van der Waals surface area (Å²) in [4.78, 5) is 24.0. The van der Waals surface area contributed by atoms with Gasteiger partial charge in [0.05, 0.1) is 0 Å². The molecule has 0 fully saturated rings.